The zero-order chi connectivity index (χ0) is 13.7. The molecular formula is C16H17NO2. The number of ether oxygens (including phenoxy) is 1. The quantitative estimate of drug-likeness (QED) is 0.909. The van der Waals surface area contributed by atoms with Crippen LogP contribution in [0.15, 0.2) is 48.5 Å². The number of rotatable bonds is 4. The molecule has 98 valence electrons. The molecule has 3 nitrogen and oxygen atoms in total. The number of hydrogen-bond donors (Lipinski definition) is 1. The molecule has 0 atom stereocenters. The maximum atomic E-state index is 12.2. The summed E-state index contributed by atoms with van der Waals surface area (Å²) in [4.78, 5) is 12.2. The van der Waals surface area contributed by atoms with Crippen molar-refractivity contribution in [1.29, 1.82) is 0 Å². The number of anilines is 1. The first-order chi connectivity index (χ1) is 9.20. The lowest BCUT2D eigenvalue weighted by Gasteiger charge is -2.09. The highest BCUT2D eigenvalue weighted by molar-refractivity contribution is 6.04. The summed E-state index contributed by atoms with van der Waals surface area (Å²) in [6, 6.07) is 15.2. The molecule has 0 saturated heterocycles. The molecule has 0 aliphatic rings. The minimum atomic E-state index is -0.104. The van der Waals surface area contributed by atoms with Crippen LogP contribution < -0.4 is 5.32 Å². The highest BCUT2D eigenvalue weighted by Crippen LogP contribution is 2.15. The Morgan fingerprint density at radius 2 is 1.95 bits per heavy atom. The summed E-state index contributed by atoms with van der Waals surface area (Å²) in [7, 11) is 1.64. The minimum absolute atomic E-state index is 0.104. The van der Waals surface area contributed by atoms with Gasteiger partial charge in [-0.1, -0.05) is 30.3 Å². The van der Waals surface area contributed by atoms with E-state index in [-0.39, 0.29) is 5.91 Å². The van der Waals surface area contributed by atoms with Crippen molar-refractivity contribution < 1.29 is 9.53 Å². The second kappa shape index (κ2) is 6.16. The molecule has 3 heteroatoms. The van der Waals surface area contributed by atoms with Crippen molar-refractivity contribution in [3.8, 4) is 0 Å². The van der Waals surface area contributed by atoms with Gasteiger partial charge >= 0.3 is 0 Å². The second-order valence-corrected chi connectivity index (χ2v) is 4.40. The molecule has 0 aromatic heterocycles. The number of carbonyl (C=O) groups is 1. The van der Waals surface area contributed by atoms with Gasteiger partial charge in [-0.2, -0.15) is 0 Å². The van der Waals surface area contributed by atoms with E-state index < -0.39 is 0 Å². The van der Waals surface area contributed by atoms with Gasteiger partial charge < -0.3 is 10.1 Å². The Kier molecular flexibility index (Phi) is 4.31. The molecule has 0 aliphatic carbocycles. The summed E-state index contributed by atoms with van der Waals surface area (Å²) in [5.41, 5.74) is 3.51. The summed E-state index contributed by atoms with van der Waals surface area (Å²) in [5.74, 6) is -0.104. The van der Waals surface area contributed by atoms with Crippen molar-refractivity contribution in [2.24, 2.45) is 0 Å². The van der Waals surface area contributed by atoms with Gasteiger partial charge in [-0.25, -0.2) is 0 Å². The first-order valence-electron chi connectivity index (χ1n) is 6.15. The van der Waals surface area contributed by atoms with E-state index in [2.05, 4.69) is 5.32 Å². The summed E-state index contributed by atoms with van der Waals surface area (Å²) in [6.07, 6.45) is 0. The monoisotopic (exact) mass is 255 g/mol. The number of benzene rings is 2. The van der Waals surface area contributed by atoms with Crippen LogP contribution in [0.1, 0.15) is 21.5 Å². The van der Waals surface area contributed by atoms with E-state index in [0.717, 1.165) is 16.8 Å². The minimum Gasteiger partial charge on any atom is -0.380 e. The normalized spacial score (nSPS) is 10.2. The van der Waals surface area contributed by atoms with Gasteiger partial charge in [0, 0.05) is 18.4 Å². The number of hydrogen-bond acceptors (Lipinski definition) is 2. The van der Waals surface area contributed by atoms with E-state index >= 15 is 0 Å². The fraction of sp³-hybridized carbons (Fsp3) is 0.188. The molecule has 0 aliphatic heterocycles. The van der Waals surface area contributed by atoms with Gasteiger partial charge in [0.05, 0.1) is 6.61 Å². The third-order valence-corrected chi connectivity index (χ3v) is 2.89. The Morgan fingerprint density at radius 1 is 1.16 bits per heavy atom. The standard InChI is InChI=1S/C16H17NO2/c1-12-6-3-4-9-15(12)17-16(18)14-8-5-7-13(10-14)11-19-2/h3-10H,11H2,1-2H3,(H,17,18). The smallest absolute Gasteiger partial charge is 0.255 e. The first kappa shape index (κ1) is 13.3. The number of amides is 1. The van der Waals surface area contributed by atoms with Crippen LogP contribution >= 0.6 is 0 Å². The molecule has 2 aromatic rings. The van der Waals surface area contributed by atoms with Crippen LogP contribution in [0, 0.1) is 6.92 Å². The number of carbonyl (C=O) groups excluding carboxylic acids is 1. The van der Waals surface area contributed by atoms with E-state index in [1.165, 1.54) is 0 Å². The van der Waals surface area contributed by atoms with E-state index in [4.69, 9.17) is 4.74 Å². The Labute approximate surface area is 113 Å². The fourth-order valence-corrected chi connectivity index (χ4v) is 1.88. The van der Waals surface area contributed by atoms with Crippen LogP contribution in [-0.4, -0.2) is 13.0 Å². The molecule has 0 radical (unpaired) electrons. The van der Waals surface area contributed by atoms with Gasteiger partial charge in [0.2, 0.25) is 0 Å². The van der Waals surface area contributed by atoms with Gasteiger partial charge in [0.1, 0.15) is 0 Å². The average molecular weight is 255 g/mol. The summed E-state index contributed by atoms with van der Waals surface area (Å²) in [6.45, 7) is 2.47. The van der Waals surface area contributed by atoms with E-state index in [1.807, 2.05) is 49.4 Å². The van der Waals surface area contributed by atoms with Crippen LogP contribution in [0.25, 0.3) is 0 Å². The molecule has 0 spiro atoms. The molecule has 1 amide bonds. The van der Waals surface area contributed by atoms with Gasteiger partial charge in [0.25, 0.3) is 5.91 Å². The van der Waals surface area contributed by atoms with Crippen LogP contribution in [0.3, 0.4) is 0 Å². The van der Waals surface area contributed by atoms with Crippen molar-refractivity contribution in [2.75, 3.05) is 12.4 Å². The van der Waals surface area contributed by atoms with Crippen molar-refractivity contribution in [2.45, 2.75) is 13.5 Å². The molecular weight excluding hydrogens is 238 g/mol. The lowest BCUT2D eigenvalue weighted by Crippen LogP contribution is -2.13. The second-order valence-electron chi connectivity index (χ2n) is 4.40. The van der Waals surface area contributed by atoms with Crippen LogP contribution in [0.4, 0.5) is 5.69 Å². The Morgan fingerprint density at radius 3 is 2.68 bits per heavy atom. The van der Waals surface area contributed by atoms with E-state index in [9.17, 15) is 4.79 Å². The zero-order valence-electron chi connectivity index (χ0n) is 11.1. The Balaban J connectivity index is 2.16. The maximum Gasteiger partial charge on any atom is 0.255 e. The van der Waals surface area contributed by atoms with Crippen LogP contribution in [0.5, 0.6) is 0 Å². The predicted molar refractivity (Wildman–Crippen MR) is 76.3 cm³/mol. The largest absolute Gasteiger partial charge is 0.380 e. The van der Waals surface area contributed by atoms with Gasteiger partial charge in [-0.3, -0.25) is 4.79 Å². The fourth-order valence-electron chi connectivity index (χ4n) is 1.88. The average Bonchev–Trinajstić information content (AvgIpc) is 2.42. The molecule has 2 aromatic carbocycles. The van der Waals surface area contributed by atoms with E-state index in [0.29, 0.717) is 12.2 Å². The third-order valence-electron chi connectivity index (χ3n) is 2.89. The Bertz CT molecular complexity index is 578. The molecule has 2 rings (SSSR count). The van der Waals surface area contributed by atoms with Crippen LogP contribution in [0.2, 0.25) is 0 Å². The van der Waals surface area contributed by atoms with E-state index in [1.54, 1.807) is 13.2 Å². The zero-order valence-corrected chi connectivity index (χ0v) is 11.1. The summed E-state index contributed by atoms with van der Waals surface area (Å²) >= 11 is 0. The van der Waals surface area contributed by atoms with Crippen molar-refractivity contribution in [3.63, 3.8) is 0 Å². The number of para-hydroxylation sites is 1. The molecule has 0 unspecified atom stereocenters. The summed E-state index contributed by atoms with van der Waals surface area (Å²) in [5, 5.41) is 2.92. The molecule has 0 saturated carbocycles. The molecule has 0 fully saturated rings. The first-order valence-corrected chi connectivity index (χ1v) is 6.15. The molecule has 19 heavy (non-hydrogen) atoms. The number of aryl methyl sites for hydroxylation is 1. The lowest BCUT2D eigenvalue weighted by molar-refractivity contribution is 0.102. The highest BCUT2D eigenvalue weighted by atomic mass is 16.5. The van der Waals surface area contributed by atoms with Crippen molar-refractivity contribution in [3.05, 3.63) is 65.2 Å². The maximum absolute atomic E-state index is 12.2. The number of methoxy groups -OCH3 is 1. The van der Waals surface area contributed by atoms with Crippen molar-refractivity contribution in [1.82, 2.24) is 0 Å². The Hall–Kier alpha value is -2.13. The predicted octanol–water partition coefficient (Wildman–Crippen LogP) is 3.39. The van der Waals surface area contributed by atoms with Crippen molar-refractivity contribution >= 4 is 11.6 Å². The molecule has 0 bridgehead atoms. The molecule has 0 heterocycles. The van der Waals surface area contributed by atoms with Gasteiger partial charge in [-0.15, -0.1) is 0 Å². The molecule has 1 N–H and O–H groups in total. The van der Waals surface area contributed by atoms with Crippen LogP contribution in [-0.2, 0) is 11.3 Å². The summed E-state index contributed by atoms with van der Waals surface area (Å²) < 4.78 is 5.07. The topological polar surface area (TPSA) is 38.3 Å². The lowest BCUT2D eigenvalue weighted by atomic mass is 10.1. The van der Waals surface area contributed by atoms with Gasteiger partial charge in [-0.05, 0) is 36.2 Å². The van der Waals surface area contributed by atoms with Gasteiger partial charge in [0.15, 0.2) is 0 Å². The highest BCUT2D eigenvalue weighted by Gasteiger charge is 2.07. The SMILES string of the molecule is COCc1cccc(C(=O)Nc2ccccc2C)c1. The number of nitrogens with one attached hydrogen (secondary N) is 1. The third kappa shape index (κ3) is 3.42.